The molecule has 3 nitrogen and oxygen atoms in total. The van der Waals surface area contributed by atoms with Gasteiger partial charge in [0.25, 0.3) is 0 Å². The number of nitrogens with zero attached hydrogens (tertiary/aromatic N) is 1. The van der Waals surface area contributed by atoms with Crippen LogP contribution in [0.25, 0.3) is 11.0 Å². The highest BCUT2D eigenvalue weighted by atomic mass is 14.9. The van der Waals surface area contributed by atoms with Crippen molar-refractivity contribution in [1.29, 1.82) is 0 Å². The van der Waals surface area contributed by atoms with Crippen LogP contribution in [-0.4, -0.2) is 9.97 Å². The third-order valence-corrected chi connectivity index (χ3v) is 3.26. The van der Waals surface area contributed by atoms with Gasteiger partial charge in [-0.25, -0.2) is 4.98 Å². The maximum atomic E-state index is 4.30. The van der Waals surface area contributed by atoms with Gasteiger partial charge >= 0.3 is 0 Å². The van der Waals surface area contributed by atoms with Gasteiger partial charge in [0.05, 0.1) is 0 Å². The average Bonchev–Trinajstić information content (AvgIpc) is 2.83. The van der Waals surface area contributed by atoms with E-state index in [1.807, 2.05) is 18.5 Å². The molecule has 0 bridgehead atoms. The van der Waals surface area contributed by atoms with E-state index in [-0.39, 0.29) is 0 Å². The van der Waals surface area contributed by atoms with Crippen LogP contribution in [0.2, 0.25) is 0 Å². The van der Waals surface area contributed by atoms with Gasteiger partial charge in [-0.2, -0.15) is 0 Å². The van der Waals surface area contributed by atoms with Crippen LogP contribution in [0.3, 0.4) is 0 Å². The van der Waals surface area contributed by atoms with E-state index in [1.54, 1.807) is 0 Å². The van der Waals surface area contributed by atoms with E-state index in [0.717, 1.165) is 18.7 Å². The Kier molecular flexibility index (Phi) is 3.29. The average molecular weight is 251 g/mol. The van der Waals surface area contributed by atoms with Crippen LogP contribution >= 0.6 is 0 Å². The fraction of sp³-hybridized carbons (Fsp3) is 0.188. The van der Waals surface area contributed by atoms with Crippen LogP contribution in [0.15, 0.2) is 48.8 Å². The zero-order valence-corrected chi connectivity index (χ0v) is 11.0. The molecule has 2 N–H and O–H groups in total. The molecular formula is C16H17N3. The largest absolute Gasteiger partial charge is 0.346 e. The fourth-order valence-electron chi connectivity index (χ4n) is 2.32. The lowest BCUT2D eigenvalue weighted by Crippen LogP contribution is -2.12. The van der Waals surface area contributed by atoms with Crippen LogP contribution < -0.4 is 5.32 Å². The third-order valence-electron chi connectivity index (χ3n) is 3.26. The highest BCUT2D eigenvalue weighted by Crippen LogP contribution is 2.15. The summed E-state index contributed by atoms with van der Waals surface area (Å²) in [6.07, 6.45) is 3.84. The van der Waals surface area contributed by atoms with Crippen molar-refractivity contribution in [2.75, 3.05) is 0 Å². The Balaban J connectivity index is 1.66. The first-order chi connectivity index (χ1) is 9.33. The predicted octanol–water partition coefficient (Wildman–Crippen LogP) is 3.16. The Labute approximate surface area is 112 Å². The molecule has 0 atom stereocenters. The second kappa shape index (κ2) is 5.24. The van der Waals surface area contributed by atoms with Crippen molar-refractivity contribution in [2.45, 2.75) is 20.0 Å². The van der Waals surface area contributed by atoms with E-state index >= 15 is 0 Å². The Bertz CT molecular complexity index is 685. The molecule has 2 heterocycles. The number of nitrogens with one attached hydrogen (secondary N) is 2. The quantitative estimate of drug-likeness (QED) is 0.747. The van der Waals surface area contributed by atoms with Crippen molar-refractivity contribution in [3.8, 4) is 0 Å². The Morgan fingerprint density at radius 2 is 2.11 bits per heavy atom. The molecule has 0 saturated heterocycles. The molecule has 96 valence electrons. The second-order valence-electron chi connectivity index (χ2n) is 4.81. The molecule has 0 fully saturated rings. The molecule has 0 unspecified atom stereocenters. The molecule has 0 amide bonds. The molecule has 0 aliphatic heterocycles. The monoisotopic (exact) mass is 251 g/mol. The molecule has 19 heavy (non-hydrogen) atoms. The van der Waals surface area contributed by atoms with Gasteiger partial charge in [-0.05, 0) is 30.2 Å². The van der Waals surface area contributed by atoms with E-state index in [1.165, 1.54) is 22.1 Å². The van der Waals surface area contributed by atoms with E-state index < -0.39 is 0 Å². The minimum absolute atomic E-state index is 0.847. The summed E-state index contributed by atoms with van der Waals surface area (Å²) < 4.78 is 0. The zero-order valence-electron chi connectivity index (χ0n) is 11.0. The number of hydrogen-bond acceptors (Lipinski definition) is 2. The molecule has 1 aromatic carbocycles. The van der Waals surface area contributed by atoms with Crippen molar-refractivity contribution in [2.24, 2.45) is 0 Å². The van der Waals surface area contributed by atoms with Gasteiger partial charge in [0, 0.05) is 30.9 Å². The Hall–Kier alpha value is -2.13. The second-order valence-corrected chi connectivity index (χ2v) is 4.81. The highest BCUT2D eigenvalue weighted by Gasteiger charge is 2.03. The molecule has 0 saturated carbocycles. The number of aromatic amines is 1. The number of aryl methyl sites for hydroxylation is 1. The number of rotatable bonds is 4. The summed E-state index contributed by atoms with van der Waals surface area (Å²) in [7, 11) is 0. The molecular weight excluding hydrogens is 234 g/mol. The molecule has 0 radical (unpaired) electrons. The van der Waals surface area contributed by atoms with Gasteiger partial charge in [0.1, 0.15) is 5.65 Å². The molecule has 3 rings (SSSR count). The van der Waals surface area contributed by atoms with Crippen molar-refractivity contribution in [3.63, 3.8) is 0 Å². The van der Waals surface area contributed by atoms with E-state index in [0.29, 0.717) is 0 Å². The number of pyridine rings is 1. The van der Waals surface area contributed by atoms with E-state index in [4.69, 9.17) is 0 Å². The lowest BCUT2D eigenvalue weighted by atomic mass is 10.1. The molecule has 0 aliphatic carbocycles. The summed E-state index contributed by atoms with van der Waals surface area (Å²) in [5.74, 6) is 0. The SMILES string of the molecule is Cc1cccc(CNCc2c[nH]c3ncccc23)c1. The third kappa shape index (κ3) is 2.66. The van der Waals surface area contributed by atoms with Crippen molar-refractivity contribution < 1.29 is 0 Å². The van der Waals surface area contributed by atoms with Crippen LogP contribution in [0.4, 0.5) is 0 Å². The Morgan fingerprint density at radius 1 is 1.16 bits per heavy atom. The summed E-state index contributed by atoms with van der Waals surface area (Å²) in [6.45, 7) is 3.85. The zero-order chi connectivity index (χ0) is 13.1. The summed E-state index contributed by atoms with van der Waals surface area (Å²) in [6, 6.07) is 12.7. The van der Waals surface area contributed by atoms with Crippen LogP contribution in [0, 0.1) is 6.92 Å². The van der Waals surface area contributed by atoms with E-state index in [9.17, 15) is 0 Å². The lowest BCUT2D eigenvalue weighted by Gasteiger charge is -2.05. The van der Waals surface area contributed by atoms with Crippen LogP contribution in [-0.2, 0) is 13.1 Å². The lowest BCUT2D eigenvalue weighted by molar-refractivity contribution is 0.696. The number of fused-ring (bicyclic) bond motifs is 1. The van der Waals surface area contributed by atoms with Gasteiger partial charge in [-0.3, -0.25) is 0 Å². The minimum Gasteiger partial charge on any atom is -0.346 e. The topological polar surface area (TPSA) is 40.7 Å². The first kappa shape index (κ1) is 11.9. The standard InChI is InChI=1S/C16H17N3/c1-12-4-2-5-13(8-12)9-17-10-14-11-19-16-15(14)6-3-7-18-16/h2-8,11,17H,9-10H2,1H3,(H,18,19). The summed E-state index contributed by atoms with van der Waals surface area (Å²) in [5, 5.41) is 4.67. The molecule has 3 heteroatoms. The summed E-state index contributed by atoms with van der Waals surface area (Å²) >= 11 is 0. The normalized spacial score (nSPS) is 11.0. The first-order valence-electron chi connectivity index (χ1n) is 6.50. The van der Waals surface area contributed by atoms with Gasteiger partial charge < -0.3 is 10.3 Å². The minimum atomic E-state index is 0.847. The molecule has 2 aromatic heterocycles. The summed E-state index contributed by atoms with van der Waals surface area (Å²) in [5.41, 5.74) is 4.83. The van der Waals surface area contributed by atoms with Gasteiger partial charge in [-0.1, -0.05) is 29.8 Å². The predicted molar refractivity (Wildman–Crippen MR) is 77.8 cm³/mol. The molecule has 0 spiro atoms. The number of benzene rings is 1. The van der Waals surface area contributed by atoms with Crippen molar-refractivity contribution in [1.82, 2.24) is 15.3 Å². The van der Waals surface area contributed by atoms with Gasteiger partial charge in [0.15, 0.2) is 0 Å². The fourth-order valence-corrected chi connectivity index (χ4v) is 2.32. The smallest absolute Gasteiger partial charge is 0.137 e. The van der Waals surface area contributed by atoms with E-state index in [2.05, 4.69) is 52.5 Å². The van der Waals surface area contributed by atoms with Crippen LogP contribution in [0.1, 0.15) is 16.7 Å². The maximum absolute atomic E-state index is 4.30. The van der Waals surface area contributed by atoms with Crippen LogP contribution in [0.5, 0.6) is 0 Å². The highest BCUT2D eigenvalue weighted by molar-refractivity contribution is 5.79. The maximum Gasteiger partial charge on any atom is 0.137 e. The van der Waals surface area contributed by atoms with Crippen molar-refractivity contribution in [3.05, 3.63) is 65.5 Å². The number of aromatic nitrogens is 2. The number of H-pyrrole nitrogens is 1. The Morgan fingerprint density at radius 3 is 3.00 bits per heavy atom. The van der Waals surface area contributed by atoms with Crippen molar-refractivity contribution >= 4 is 11.0 Å². The van der Waals surface area contributed by atoms with Gasteiger partial charge in [0.2, 0.25) is 0 Å². The van der Waals surface area contributed by atoms with Gasteiger partial charge in [-0.15, -0.1) is 0 Å². The molecule has 3 aromatic rings. The molecule has 0 aliphatic rings. The summed E-state index contributed by atoms with van der Waals surface area (Å²) in [4.78, 5) is 7.49. The first-order valence-corrected chi connectivity index (χ1v) is 6.50. The number of hydrogen-bond donors (Lipinski definition) is 2.